The van der Waals surface area contributed by atoms with Crippen LogP contribution in [0.5, 0.6) is 0 Å². The Morgan fingerprint density at radius 2 is 2.25 bits per heavy atom. The molecule has 1 aromatic carbocycles. The van der Waals surface area contributed by atoms with Crippen molar-refractivity contribution in [2.75, 3.05) is 5.32 Å². The number of aromatic amines is 1. The molecule has 2 N–H and O–H groups in total. The van der Waals surface area contributed by atoms with E-state index >= 15 is 0 Å². The average Bonchev–Trinajstić information content (AvgIpc) is 2.57. The Balaban J connectivity index is 1.82. The van der Waals surface area contributed by atoms with Gasteiger partial charge < -0.3 is 10.3 Å². The summed E-state index contributed by atoms with van der Waals surface area (Å²) in [6, 6.07) is 5.10. The van der Waals surface area contributed by atoms with Gasteiger partial charge >= 0.3 is 0 Å². The Labute approximate surface area is 93.1 Å². The third-order valence-electron chi connectivity index (χ3n) is 3.16. The van der Waals surface area contributed by atoms with E-state index in [2.05, 4.69) is 22.2 Å². The van der Waals surface area contributed by atoms with Crippen LogP contribution in [0.3, 0.4) is 0 Å². The quantitative estimate of drug-likeness (QED) is 0.815. The minimum absolute atomic E-state index is 0.236. The lowest BCUT2D eigenvalue weighted by atomic mass is 9.82. The Bertz CT molecular complexity index is 514. The van der Waals surface area contributed by atoms with E-state index < -0.39 is 0 Å². The van der Waals surface area contributed by atoms with E-state index in [0.717, 1.165) is 22.9 Å². The zero-order valence-electron chi connectivity index (χ0n) is 9.13. The molecule has 4 heteroatoms. The van der Waals surface area contributed by atoms with Gasteiger partial charge in [0.1, 0.15) is 5.82 Å². The standard InChI is InChI=1S/C12H14FN3/c1-7-4-9(5-7)14-12-15-10-3-2-8(13)6-11(10)16-12/h2-3,6-7,9H,4-5H2,1H3,(H2,14,15,16). The average molecular weight is 219 g/mol. The Kier molecular flexibility index (Phi) is 2.09. The van der Waals surface area contributed by atoms with Gasteiger partial charge in [0.15, 0.2) is 0 Å². The second kappa shape index (κ2) is 3.47. The number of imidazole rings is 1. The lowest BCUT2D eigenvalue weighted by Crippen LogP contribution is -2.34. The maximum atomic E-state index is 13.0. The maximum absolute atomic E-state index is 13.0. The number of rotatable bonds is 2. The number of fused-ring (bicyclic) bond motifs is 1. The highest BCUT2D eigenvalue weighted by molar-refractivity contribution is 5.77. The summed E-state index contributed by atoms with van der Waals surface area (Å²) in [7, 11) is 0. The topological polar surface area (TPSA) is 40.7 Å². The molecule has 0 spiro atoms. The normalized spacial score (nSPS) is 24.4. The van der Waals surface area contributed by atoms with Crippen LogP contribution in [-0.2, 0) is 0 Å². The first-order valence-electron chi connectivity index (χ1n) is 5.62. The second-order valence-electron chi connectivity index (χ2n) is 4.66. The summed E-state index contributed by atoms with van der Waals surface area (Å²) >= 11 is 0. The van der Waals surface area contributed by atoms with Crippen LogP contribution in [0.1, 0.15) is 19.8 Å². The summed E-state index contributed by atoms with van der Waals surface area (Å²) in [5, 5.41) is 3.33. The highest BCUT2D eigenvalue weighted by Crippen LogP contribution is 2.29. The van der Waals surface area contributed by atoms with E-state index in [1.165, 1.54) is 25.0 Å². The first kappa shape index (κ1) is 9.63. The smallest absolute Gasteiger partial charge is 0.201 e. The number of H-pyrrole nitrogens is 1. The highest BCUT2D eigenvalue weighted by Gasteiger charge is 2.25. The van der Waals surface area contributed by atoms with E-state index in [4.69, 9.17) is 0 Å². The minimum Gasteiger partial charge on any atom is -0.353 e. The van der Waals surface area contributed by atoms with Crippen LogP contribution in [0.15, 0.2) is 18.2 Å². The van der Waals surface area contributed by atoms with Crippen LogP contribution in [0.25, 0.3) is 11.0 Å². The molecular formula is C12H14FN3. The summed E-state index contributed by atoms with van der Waals surface area (Å²) in [5.74, 6) is 1.32. The number of nitrogens with zero attached hydrogens (tertiary/aromatic N) is 1. The van der Waals surface area contributed by atoms with Crippen LogP contribution >= 0.6 is 0 Å². The molecule has 2 aromatic rings. The molecule has 0 atom stereocenters. The Hall–Kier alpha value is -1.58. The van der Waals surface area contributed by atoms with Crippen molar-refractivity contribution < 1.29 is 4.39 Å². The number of hydrogen-bond acceptors (Lipinski definition) is 2. The lowest BCUT2D eigenvalue weighted by molar-refractivity contribution is 0.308. The fraction of sp³-hybridized carbons (Fsp3) is 0.417. The van der Waals surface area contributed by atoms with Gasteiger partial charge in [-0.25, -0.2) is 9.37 Å². The number of halogens is 1. The van der Waals surface area contributed by atoms with Crippen LogP contribution < -0.4 is 5.32 Å². The molecule has 0 saturated heterocycles. The zero-order valence-corrected chi connectivity index (χ0v) is 9.13. The minimum atomic E-state index is -0.236. The molecule has 1 aliphatic carbocycles. The molecule has 0 unspecified atom stereocenters. The van der Waals surface area contributed by atoms with Crippen molar-refractivity contribution in [1.29, 1.82) is 0 Å². The van der Waals surface area contributed by atoms with Gasteiger partial charge in [0.25, 0.3) is 0 Å². The third kappa shape index (κ3) is 1.64. The van der Waals surface area contributed by atoms with E-state index in [9.17, 15) is 4.39 Å². The van der Waals surface area contributed by atoms with Gasteiger partial charge in [0.2, 0.25) is 5.95 Å². The van der Waals surface area contributed by atoms with Crippen molar-refractivity contribution >= 4 is 17.0 Å². The summed E-state index contributed by atoms with van der Waals surface area (Å²) in [6.07, 6.45) is 2.37. The van der Waals surface area contributed by atoms with Gasteiger partial charge in [0.05, 0.1) is 11.0 Å². The number of hydrogen-bond donors (Lipinski definition) is 2. The Morgan fingerprint density at radius 1 is 1.44 bits per heavy atom. The summed E-state index contributed by atoms with van der Waals surface area (Å²) in [5.41, 5.74) is 1.55. The van der Waals surface area contributed by atoms with E-state index in [0.29, 0.717) is 6.04 Å². The van der Waals surface area contributed by atoms with Gasteiger partial charge in [-0.3, -0.25) is 0 Å². The van der Waals surface area contributed by atoms with Gasteiger partial charge in [-0.05, 0) is 37.0 Å². The fourth-order valence-electron chi connectivity index (χ4n) is 2.26. The molecule has 1 aliphatic rings. The monoisotopic (exact) mass is 219 g/mol. The zero-order chi connectivity index (χ0) is 11.1. The van der Waals surface area contributed by atoms with E-state index in [1.54, 1.807) is 6.07 Å². The molecule has 84 valence electrons. The van der Waals surface area contributed by atoms with Crippen molar-refractivity contribution in [3.8, 4) is 0 Å². The lowest BCUT2D eigenvalue weighted by Gasteiger charge is -2.33. The summed E-state index contributed by atoms with van der Waals surface area (Å²) < 4.78 is 13.0. The molecule has 1 heterocycles. The van der Waals surface area contributed by atoms with E-state index in [1.807, 2.05) is 0 Å². The van der Waals surface area contributed by atoms with Crippen molar-refractivity contribution in [1.82, 2.24) is 9.97 Å². The first-order chi connectivity index (χ1) is 7.70. The maximum Gasteiger partial charge on any atom is 0.201 e. The number of benzene rings is 1. The van der Waals surface area contributed by atoms with Crippen LogP contribution in [-0.4, -0.2) is 16.0 Å². The van der Waals surface area contributed by atoms with Gasteiger partial charge in [-0.1, -0.05) is 6.92 Å². The second-order valence-corrected chi connectivity index (χ2v) is 4.66. The summed E-state index contributed by atoms with van der Waals surface area (Å²) in [6.45, 7) is 2.24. The molecule has 1 fully saturated rings. The number of aromatic nitrogens is 2. The molecule has 16 heavy (non-hydrogen) atoms. The van der Waals surface area contributed by atoms with Gasteiger partial charge in [0, 0.05) is 6.04 Å². The Morgan fingerprint density at radius 3 is 3.00 bits per heavy atom. The number of anilines is 1. The molecule has 0 radical (unpaired) electrons. The molecule has 0 amide bonds. The predicted molar refractivity (Wildman–Crippen MR) is 61.9 cm³/mol. The van der Waals surface area contributed by atoms with Crippen LogP contribution in [0.4, 0.5) is 10.3 Å². The van der Waals surface area contributed by atoms with E-state index in [-0.39, 0.29) is 5.82 Å². The van der Waals surface area contributed by atoms with Crippen molar-refractivity contribution in [2.45, 2.75) is 25.8 Å². The molecule has 3 nitrogen and oxygen atoms in total. The highest BCUT2D eigenvalue weighted by atomic mass is 19.1. The largest absolute Gasteiger partial charge is 0.353 e. The van der Waals surface area contributed by atoms with Crippen molar-refractivity contribution in [3.63, 3.8) is 0 Å². The van der Waals surface area contributed by atoms with Crippen LogP contribution in [0.2, 0.25) is 0 Å². The molecule has 0 bridgehead atoms. The molecular weight excluding hydrogens is 205 g/mol. The van der Waals surface area contributed by atoms with Crippen molar-refractivity contribution in [2.24, 2.45) is 5.92 Å². The first-order valence-corrected chi connectivity index (χ1v) is 5.62. The van der Waals surface area contributed by atoms with Gasteiger partial charge in [-0.15, -0.1) is 0 Å². The van der Waals surface area contributed by atoms with Gasteiger partial charge in [-0.2, -0.15) is 0 Å². The fourth-order valence-corrected chi connectivity index (χ4v) is 2.26. The molecule has 1 saturated carbocycles. The molecule has 3 rings (SSSR count). The molecule has 1 aromatic heterocycles. The van der Waals surface area contributed by atoms with Crippen molar-refractivity contribution in [3.05, 3.63) is 24.0 Å². The SMILES string of the molecule is CC1CC(Nc2nc3ccc(F)cc3[nH]2)C1. The van der Waals surface area contributed by atoms with Crippen LogP contribution in [0, 0.1) is 11.7 Å². The molecule has 0 aliphatic heterocycles. The predicted octanol–water partition coefficient (Wildman–Crippen LogP) is 2.91. The summed E-state index contributed by atoms with van der Waals surface area (Å²) in [4.78, 5) is 7.46. The number of nitrogens with one attached hydrogen (secondary N) is 2. The third-order valence-corrected chi connectivity index (χ3v) is 3.16.